The number of fused-ring (bicyclic) bond motifs is 1. The Morgan fingerprint density at radius 2 is 1.89 bits per heavy atom. The summed E-state index contributed by atoms with van der Waals surface area (Å²) in [5, 5.41) is 0. The van der Waals surface area contributed by atoms with Crippen LogP contribution in [-0.2, 0) is 18.4 Å². The van der Waals surface area contributed by atoms with Gasteiger partial charge in [-0.3, -0.25) is 4.79 Å². The summed E-state index contributed by atoms with van der Waals surface area (Å²) in [6, 6.07) is 12.5. The Morgan fingerprint density at radius 1 is 1.07 bits per heavy atom. The molecule has 1 fully saturated rings. The molecule has 0 bridgehead atoms. The number of carbonyl (C=O) groups is 1. The fraction of sp³-hybridized carbons (Fsp3) is 0.478. The van der Waals surface area contributed by atoms with Gasteiger partial charge in [0, 0.05) is 39.0 Å². The van der Waals surface area contributed by atoms with Gasteiger partial charge in [-0.2, -0.15) is 0 Å². The molecule has 4 rings (SSSR count). The molecule has 1 aliphatic rings. The van der Waals surface area contributed by atoms with Crippen molar-refractivity contribution in [3.63, 3.8) is 0 Å². The van der Waals surface area contributed by atoms with Gasteiger partial charge in [-0.05, 0) is 56.4 Å². The van der Waals surface area contributed by atoms with Crippen molar-refractivity contribution in [3.05, 3.63) is 54.6 Å². The predicted octanol–water partition coefficient (Wildman–Crippen LogP) is 4.69. The molecule has 1 aromatic carbocycles. The van der Waals surface area contributed by atoms with Gasteiger partial charge in [0.25, 0.3) is 0 Å². The van der Waals surface area contributed by atoms with Gasteiger partial charge in [-0.25, -0.2) is 4.98 Å². The van der Waals surface area contributed by atoms with E-state index in [0.29, 0.717) is 6.42 Å². The van der Waals surface area contributed by atoms with E-state index in [0.717, 1.165) is 68.5 Å². The average molecular weight is 379 g/mol. The van der Waals surface area contributed by atoms with Crippen LogP contribution >= 0.6 is 0 Å². The molecule has 0 radical (unpaired) electrons. The highest BCUT2D eigenvalue weighted by Gasteiger charge is 2.30. The second kappa shape index (κ2) is 8.63. The standard InChI is InChI=1S/C23H30N4O/c1-25-20-12-5-4-11-19(20)24-23(25)21-13-6-8-18-27(21)22(28)14-3-2-7-15-26-16-9-10-17-26/h4-5,9-12,16-17,21H,2-3,6-8,13-15,18H2,1H3. The smallest absolute Gasteiger partial charge is 0.223 e. The molecule has 1 amide bonds. The van der Waals surface area contributed by atoms with Crippen LogP contribution in [0.5, 0.6) is 0 Å². The van der Waals surface area contributed by atoms with Crippen LogP contribution in [0.4, 0.5) is 0 Å². The molecule has 1 unspecified atom stereocenters. The van der Waals surface area contributed by atoms with E-state index in [1.165, 1.54) is 0 Å². The van der Waals surface area contributed by atoms with Crippen molar-refractivity contribution < 1.29 is 4.79 Å². The Morgan fingerprint density at radius 3 is 2.71 bits per heavy atom. The molecule has 148 valence electrons. The zero-order valence-corrected chi connectivity index (χ0v) is 16.8. The number of hydrogen-bond donors (Lipinski definition) is 0. The van der Waals surface area contributed by atoms with E-state index in [-0.39, 0.29) is 11.9 Å². The topological polar surface area (TPSA) is 43.1 Å². The van der Waals surface area contributed by atoms with Gasteiger partial charge < -0.3 is 14.0 Å². The lowest BCUT2D eigenvalue weighted by molar-refractivity contribution is -0.135. The summed E-state index contributed by atoms with van der Waals surface area (Å²) >= 11 is 0. The lowest BCUT2D eigenvalue weighted by atomic mass is 10.00. The van der Waals surface area contributed by atoms with E-state index in [4.69, 9.17) is 4.98 Å². The molecule has 1 saturated heterocycles. The van der Waals surface area contributed by atoms with Gasteiger partial charge >= 0.3 is 0 Å². The summed E-state index contributed by atoms with van der Waals surface area (Å²) < 4.78 is 4.37. The average Bonchev–Trinajstić information content (AvgIpc) is 3.36. The number of nitrogens with zero attached hydrogens (tertiary/aromatic N) is 4. The van der Waals surface area contributed by atoms with Crippen molar-refractivity contribution in [1.82, 2.24) is 19.0 Å². The van der Waals surface area contributed by atoms with Gasteiger partial charge in [0.15, 0.2) is 0 Å². The van der Waals surface area contributed by atoms with Crippen molar-refractivity contribution in [2.24, 2.45) is 7.05 Å². The maximum Gasteiger partial charge on any atom is 0.223 e. The fourth-order valence-corrected chi connectivity index (χ4v) is 4.37. The number of hydrogen-bond acceptors (Lipinski definition) is 2. The maximum absolute atomic E-state index is 13.0. The Bertz CT molecular complexity index is 912. The second-order valence-corrected chi connectivity index (χ2v) is 7.85. The first-order valence-corrected chi connectivity index (χ1v) is 10.6. The minimum Gasteiger partial charge on any atom is -0.354 e. The normalized spacial score (nSPS) is 17.3. The molecule has 1 atom stereocenters. The van der Waals surface area contributed by atoms with Crippen molar-refractivity contribution in [1.29, 1.82) is 0 Å². The molecule has 0 aliphatic carbocycles. The van der Waals surface area contributed by atoms with Crippen LogP contribution in [0.15, 0.2) is 48.8 Å². The molecule has 0 spiro atoms. The quantitative estimate of drug-likeness (QED) is 0.560. The van der Waals surface area contributed by atoms with Crippen molar-refractivity contribution in [2.75, 3.05) is 6.54 Å². The van der Waals surface area contributed by atoms with E-state index < -0.39 is 0 Å². The Labute approximate surface area is 167 Å². The van der Waals surface area contributed by atoms with Gasteiger partial charge in [0.1, 0.15) is 5.82 Å². The monoisotopic (exact) mass is 378 g/mol. The van der Waals surface area contributed by atoms with Gasteiger partial charge in [-0.1, -0.05) is 18.6 Å². The van der Waals surface area contributed by atoms with Crippen LogP contribution in [-0.4, -0.2) is 31.5 Å². The number of benzene rings is 1. The third-order valence-corrected chi connectivity index (χ3v) is 5.92. The molecule has 28 heavy (non-hydrogen) atoms. The van der Waals surface area contributed by atoms with Gasteiger partial charge in [0.05, 0.1) is 17.1 Å². The first-order chi connectivity index (χ1) is 13.7. The first-order valence-electron chi connectivity index (χ1n) is 10.6. The number of aryl methyl sites for hydroxylation is 2. The Kier molecular flexibility index (Phi) is 5.79. The largest absolute Gasteiger partial charge is 0.354 e. The molecular weight excluding hydrogens is 348 g/mol. The number of rotatable bonds is 7. The van der Waals surface area contributed by atoms with E-state index in [1.807, 2.05) is 12.1 Å². The first kappa shape index (κ1) is 18.8. The molecule has 0 N–H and O–H groups in total. The molecule has 1 aliphatic heterocycles. The summed E-state index contributed by atoms with van der Waals surface area (Å²) in [7, 11) is 2.07. The van der Waals surface area contributed by atoms with Crippen molar-refractivity contribution in [3.8, 4) is 0 Å². The second-order valence-electron chi connectivity index (χ2n) is 7.85. The highest BCUT2D eigenvalue weighted by atomic mass is 16.2. The third-order valence-electron chi connectivity index (χ3n) is 5.92. The predicted molar refractivity (Wildman–Crippen MR) is 112 cm³/mol. The van der Waals surface area contributed by atoms with Crippen LogP contribution in [0.25, 0.3) is 11.0 Å². The molecule has 2 aromatic heterocycles. The summed E-state index contributed by atoms with van der Waals surface area (Å²) in [6.45, 7) is 1.89. The highest BCUT2D eigenvalue weighted by Crippen LogP contribution is 2.32. The summed E-state index contributed by atoms with van der Waals surface area (Å²) in [4.78, 5) is 20.0. The fourth-order valence-electron chi connectivity index (χ4n) is 4.37. The van der Waals surface area contributed by atoms with E-state index >= 15 is 0 Å². The number of likely N-dealkylation sites (tertiary alicyclic amines) is 1. The molecule has 3 heterocycles. The number of carbonyl (C=O) groups excluding carboxylic acids is 1. The van der Waals surface area contributed by atoms with Gasteiger partial charge in [0.2, 0.25) is 5.91 Å². The van der Waals surface area contributed by atoms with Crippen LogP contribution < -0.4 is 0 Å². The summed E-state index contributed by atoms with van der Waals surface area (Å²) in [5.74, 6) is 1.32. The molecule has 3 aromatic rings. The number of imidazole rings is 1. The molecule has 0 saturated carbocycles. The summed E-state index contributed by atoms with van der Waals surface area (Å²) in [6.07, 6.45) is 11.3. The Balaban J connectivity index is 1.37. The van der Waals surface area contributed by atoms with E-state index in [1.54, 1.807) is 0 Å². The zero-order valence-electron chi connectivity index (χ0n) is 16.8. The molecule has 5 heteroatoms. The lowest BCUT2D eigenvalue weighted by Gasteiger charge is -2.35. The van der Waals surface area contributed by atoms with Crippen molar-refractivity contribution >= 4 is 16.9 Å². The van der Waals surface area contributed by atoms with Crippen LogP contribution in [0.2, 0.25) is 0 Å². The minimum absolute atomic E-state index is 0.110. The molecular formula is C23H30N4O. The van der Waals surface area contributed by atoms with Gasteiger partial charge in [-0.15, -0.1) is 0 Å². The number of unbranched alkanes of at least 4 members (excludes halogenated alkanes) is 2. The van der Waals surface area contributed by atoms with Crippen LogP contribution in [0.1, 0.15) is 56.8 Å². The Hall–Kier alpha value is -2.56. The number of aromatic nitrogens is 3. The maximum atomic E-state index is 13.0. The number of piperidine rings is 1. The minimum atomic E-state index is 0.110. The summed E-state index contributed by atoms with van der Waals surface area (Å²) in [5.41, 5.74) is 2.16. The van der Waals surface area contributed by atoms with Crippen molar-refractivity contribution in [2.45, 2.75) is 57.5 Å². The number of amides is 1. The third kappa shape index (κ3) is 3.98. The van der Waals surface area contributed by atoms with E-state index in [2.05, 4.69) is 57.7 Å². The van der Waals surface area contributed by atoms with Crippen LogP contribution in [0, 0.1) is 0 Å². The zero-order chi connectivity index (χ0) is 19.3. The van der Waals surface area contributed by atoms with E-state index in [9.17, 15) is 4.79 Å². The molecule has 5 nitrogen and oxygen atoms in total. The SMILES string of the molecule is Cn1c(C2CCCCN2C(=O)CCCCCn2cccc2)nc2ccccc21. The van der Waals surface area contributed by atoms with Crippen LogP contribution in [0.3, 0.4) is 0 Å². The highest BCUT2D eigenvalue weighted by molar-refractivity contribution is 5.78. The lowest BCUT2D eigenvalue weighted by Crippen LogP contribution is -2.39. The number of para-hydroxylation sites is 2.